The number of aromatic nitrogens is 4. The van der Waals surface area contributed by atoms with E-state index in [0.29, 0.717) is 28.1 Å². The molecule has 0 amide bonds. The van der Waals surface area contributed by atoms with E-state index < -0.39 is 0 Å². The Bertz CT molecular complexity index is 1520. The highest BCUT2D eigenvalue weighted by molar-refractivity contribution is 6.30. The van der Waals surface area contributed by atoms with Gasteiger partial charge in [0.1, 0.15) is 30.0 Å². The fourth-order valence-corrected chi connectivity index (χ4v) is 5.37. The number of hydrogen-bond donors (Lipinski definition) is 0. The zero-order valence-electron chi connectivity index (χ0n) is 21.4. The number of halogens is 2. The quantitative estimate of drug-likeness (QED) is 0.298. The number of fused-ring (bicyclic) bond motifs is 1. The van der Waals surface area contributed by atoms with Crippen LogP contribution in [-0.2, 0) is 24.4 Å². The van der Waals surface area contributed by atoms with E-state index >= 15 is 0 Å². The van der Waals surface area contributed by atoms with Crippen molar-refractivity contribution in [3.05, 3.63) is 82.3 Å². The number of rotatable bonds is 8. The first kappa shape index (κ1) is 25.7. The van der Waals surface area contributed by atoms with Crippen molar-refractivity contribution in [1.29, 1.82) is 5.26 Å². The van der Waals surface area contributed by atoms with Crippen LogP contribution in [0, 0.1) is 17.1 Å². The number of likely N-dealkylation sites (tertiary alicyclic amines) is 1. The molecule has 3 aromatic heterocycles. The average Bonchev–Trinajstić information content (AvgIpc) is 3.26. The van der Waals surface area contributed by atoms with Crippen LogP contribution in [-0.4, -0.2) is 50.2 Å². The van der Waals surface area contributed by atoms with Gasteiger partial charge in [0.05, 0.1) is 36.4 Å². The van der Waals surface area contributed by atoms with Gasteiger partial charge in [0.15, 0.2) is 0 Å². The summed E-state index contributed by atoms with van der Waals surface area (Å²) in [7, 11) is 0. The summed E-state index contributed by atoms with van der Waals surface area (Å²) in [4.78, 5) is 16.3. The minimum Gasteiger partial charge on any atom is -0.473 e. The van der Waals surface area contributed by atoms with Gasteiger partial charge in [-0.15, -0.1) is 0 Å². The Balaban J connectivity index is 1.10. The Labute approximate surface area is 231 Å². The first-order chi connectivity index (χ1) is 19.1. The average molecular weight is 547 g/mol. The Morgan fingerprint density at radius 2 is 1.97 bits per heavy atom. The maximum absolute atomic E-state index is 14.1. The maximum atomic E-state index is 14.1. The van der Waals surface area contributed by atoms with Gasteiger partial charge in [-0.2, -0.15) is 5.26 Å². The molecule has 39 heavy (non-hydrogen) atoms. The molecule has 0 aliphatic carbocycles. The van der Waals surface area contributed by atoms with Crippen molar-refractivity contribution >= 4 is 22.6 Å². The molecule has 1 atom stereocenters. The molecule has 2 aliphatic heterocycles. The summed E-state index contributed by atoms with van der Waals surface area (Å²) in [5.74, 6) is 1.39. The monoisotopic (exact) mass is 546 g/mol. The molecule has 4 aromatic rings. The largest absolute Gasteiger partial charge is 0.473 e. The summed E-state index contributed by atoms with van der Waals surface area (Å²) in [5.41, 5.74) is 3.54. The van der Waals surface area contributed by atoms with Gasteiger partial charge in [0.2, 0.25) is 5.88 Å². The molecule has 0 radical (unpaired) electrons. The van der Waals surface area contributed by atoms with Crippen LogP contribution in [0.5, 0.6) is 5.88 Å². The van der Waals surface area contributed by atoms with Gasteiger partial charge in [-0.3, -0.25) is 4.90 Å². The molecule has 0 bridgehead atoms. The summed E-state index contributed by atoms with van der Waals surface area (Å²) in [6.07, 6.45) is 4.91. The second-order valence-electron chi connectivity index (χ2n) is 10.1. The fraction of sp³-hybridized carbons (Fsp3) is 0.379. The van der Waals surface area contributed by atoms with E-state index in [4.69, 9.17) is 31.0 Å². The van der Waals surface area contributed by atoms with Gasteiger partial charge in [0, 0.05) is 40.9 Å². The Kier molecular flexibility index (Phi) is 7.42. The van der Waals surface area contributed by atoms with E-state index in [0.717, 1.165) is 74.6 Å². The van der Waals surface area contributed by atoms with E-state index in [2.05, 4.69) is 20.5 Å². The molecule has 1 aromatic carbocycles. The molecule has 6 rings (SSSR count). The summed E-state index contributed by atoms with van der Waals surface area (Å²) >= 11 is 5.84. The molecule has 10 heteroatoms. The number of nitrogens with zero attached hydrogens (tertiary/aromatic N) is 6. The lowest BCUT2D eigenvalue weighted by Crippen LogP contribution is -2.35. The molecule has 2 fully saturated rings. The van der Waals surface area contributed by atoms with Crippen molar-refractivity contribution in [2.24, 2.45) is 0 Å². The third-order valence-electron chi connectivity index (χ3n) is 7.51. The smallest absolute Gasteiger partial charge is 0.213 e. The highest BCUT2D eigenvalue weighted by Crippen LogP contribution is 2.30. The lowest BCUT2D eigenvalue weighted by Gasteiger charge is -2.32. The SMILES string of the molecule is N#Cc1cc2nc(CN3CCC(c4cccc(OCc5ccc(Cl)cc5F)n4)CC3)n(C[C@@H]3CCO3)c2cn1. The molecule has 5 heterocycles. The number of hydrogen-bond acceptors (Lipinski definition) is 7. The lowest BCUT2D eigenvalue weighted by molar-refractivity contribution is -0.0592. The summed E-state index contributed by atoms with van der Waals surface area (Å²) in [6, 6.07) is 14.2. The molecule has 0 spiro atoms. The van der Waals surface area contributed by atoms with Crippen LogP contribution in [0.25, 0.3) is 11.0 Å². The first-order valence-corrected chi connectivity index (χ1v) is 13.6. The highest BCUT2D eigenvalue weighted by Gasteiger charge is 2.26. The lowest BCUT2D eigenvalue weighted by atomic mass is 9.93. The standard InChI is InChI=1S/C29H28ClFN6O2/c30-21-5-4-20(24(31)12-21)18-39-29-3-1-2-25(35-29)19-6-9-36(10-7-19)17-28-34-26-13-22(14-32)33-15-27(26)37(28)16-23-8-11-38-23/h1-5,12-13,15,19,23H,6-11,16-18H2/t23-/m0/s1. The van der Waals surface area contributed by atoms with Crippen molar-refractivity contribution in [3.8, 4) is 11.9 Å². The van der Waals surface area contributed by atoms with Crippen LogP contribution in [0.4, 0.5) is 4.39 Å². The predicted molar refractivity (Wildman–Crippen MR) is 144 cm³/mol. The molecule has 2 saturated heterocycles. The summed E-state index contributed by atoms with van der Waals surface area (Å²) < 4.78 is 27.8. The van der Waals surface area contributed by atoms with Gasteiger partial charge >= 0.3 is 0 Å². The maximum Gasteiger partial charge on any atom is 0.213 e. The molecule has 0 unspecified atom stereocenters. The summed E-state index contributed by atoms with van der Waals surface area (Å²) in [5, 5.41) is 9.62. The summed E-state index contributed by atoms with van der Waals surface area (Å²) in [6.45, 7) is 4.19. The van der Waals surface area contributed by atoms with Crippen LogP contribution in [0.3, 0.4) is 0 Å². The third-order valence-corrected chi connectivity index (χ3v) is 7.75. The zero-order chi connectivity index (χ0) is 26.8. The molecular formula is C29H28ClFN6O2. The van der Waals surface area contributed by atoms with E-state index in [9.17, 15) is 9.65 Å². The third kappa shape index (κ3) is 5.74. The molecule has 0 N–H and O–H groups in total. The molecular weight excluding hydrogens is 519 g/mol. The van der Waals surface area contributed by atoms with Crippen LogP contribution >= 0.6 is 11.6 Å². The van der Waals surface area contributed by atoms with Crippen molar-refractivity contribution in [2.45, 2.75) is 51.0 Å². The molecule has 8 nitrogen and oxygen atoms in total. The second-order valence-corrected chi connectivity index (χ2v) is 10.5. The van der Waals surface area contributed by atoms with E-state index in [1.807, 2.05) is 12.1 Å². The highest BCUT2D eigenvalue weighted by atomic mass is 35.5. The molecule has 0 saturated carbocycles. The van der Waals surface area contributed by atoms with E-state index in [1.165, 1.54) is 6.07 Å². The number of pyridine rings is 2. The van der Waals surface area contributed by atoms with Crippen molar-refractivity contribution in [1.82, 2.24) is 24.4 Å². The topological polar surface area (TPSA) is 89.1 Å². The number of imidazole rings is 1. The number of nitriles is 1. The Morgan fingerprint density at radius 1 is 1.13 bits per heavy atom. The van der Waals surface area contributed by atoms with Crippen LogP contribution in [0.15, 0.2) is 48.7 Å². The second kappa shape index (κ2) is 11.3. The fourth-order valence-electron chi connectivity index (χ4n) is 5.21. The van der Waals surface area contributed by atoms with Gasteiger partial charge < -0.3 is 14.0 Å². The first-order valence-electron chi connectivity index (χ1n) is 13.2. The molecule has 200 valence electrons. The van der Waals surface area contributed by atoms with Crippen molar-refractivity contribution < 1.29 is 13.9 Å². The van der Waals surface area contributed by atoms with Gasteiger partial charge in [-0.1, -0.05) is 23.7 Å². The van der Waals surface area contributed by atoms with Crippen LogP contribution in [0.1, 0.15) is 48.0 Å². The van der Waals surface area contributed by atoms with Gasteiger partial charge in [-0.05, 0) is 50.6 Å². The minimum atomic E-state index is -0.387. The van der Waals surface area contributed by atoms with Crippen LogP contribution in [0.2, 0.25) is 5.02 Å². The van der Waals surface area contributed by atoms with Crippen molar-refractivity contribution in [2.75, 3.05) is 19.7 Å². The predicted octanol–water partition coefficient (Wildman–Crippen LogP) is 5.24. The zero-order valence-corrected chi connectivity index (χ0v) is 22.1. The Morgan fingerprint density at radius 3 is 2.72 bits per heavy atom. The number of ether oxygens (including phenoxy) is 2. The van der Waals surface area contributed by atoms with E-state index in [1.54, 1.807) is 30.5 Å². The number of piperidine rings is 1. The van der Waals surface area contributed by atoms with Gasteiger partial charge in [0.25, 0.3) is 0 Å². The normalized spacial score (nSPS) is 18.1. The minimum absolute atomic E-state index is 0.0934. The number of benzene rings is 1. The van der Waals surface area contributed by atoms with Crippen molar-refractivity contribution in [3.63, 3.8) is 0 Å². The van der Waals surface area contributed by atoms with E-state index in [-0.39, 0.29) is 18.5 Å². The van der Waals surface area contributed by atoms with Gasteiger partial charge in [-0.25, -0.2) is 19.3 Å². The molecule has 2 aliphatic rings. The Hall–Kier alpha value is -3.58. The van der Waals surface area contributed by atoms with Crippen LogP contribution < -0.4 is 4.74 Å².